The number of hydrogen-bond acceptors (Lipinski definition) is 4. The van der Waals surface area contributed by atoms with Crippen molar-refractivity contribution in [1.29, 1.82) is 0 Å². The largest absolute Gasteiger partial charge is 0.496 e. The molecule has 1 fully saturated rings. The summed E-state index contributed by atoms with van der Waals surface area (Å²) in [6.45, 7) is 3.94. The molecule has 1 atom stereocenters. The van der Waals surface area contributed by atoms with Gasteiger partial charge in [0.25, 0.3) is 0 Å². The van der Waals surface area contributed by atoms with Crippen molar-refractivity contribution < 1.29 is 14.6 Å². The van der Waals surface area contributed by atoms with E-state index < -0.39 is 0 Å². The van der Waals surface area contributed by atoms with Gasteiger partial charge >= 0.3 is 0 Å². The van der Waals surface area contributed by atoms with Crippen molar-refractivity contribution in [3.8, 4) is 34.5 Å². The van der Waals surface area contributed by atoms with Crippen LogP contribution in [-0.4, -0.2) is 43.4 Å². The van der Waals surface area contributed by atoms with Gasteiger partial charge in [-0.3, -0.25) is 4.90 Å². The molecule has 0 spiro atoms. The first-order chi connectivity index (χ1) is 16.1. The van der Waals surface area contributed by atoms with Crippen LogP contribution in [0.5, 0.6) is 11.5 Å². The van der Waals surface area contributed by atoms with Gasteiger partial charge in [0.1, 0.15) is 11.5 Å². The maximum atomic E-state index is 9.68. The predicted molar refractivity (Wildman–Crippen MR) is 133 cm³/mol. The van der Waals surface area contributed by atoms with Crippen molar-refractivity contribution in [2.45, 2.75) is 32.4 Å². The third-order valence-corrected chi connectivity index (χ3v) is 6.44. The third-order valence-electron chi connectivity index (χ3n) is 6.44. The minimum atomic E-state index is 0.176. The molecule has 0 saturated carbocycles. The summed E-state index contributed by atoms with van der Waals surface area (Å²) in [5, 5.41) is 9.68. The Kier molecular flexibility index (Phi) is 7.34. The average Bonchev–Trinajstić information content (AvgIpc) is 3.31. The van der Waals surface area contributed by atoms with Gasteiger partial charge in [0.05, 0.1) is 26.4 Å². The van der Waals surface area contributed by atoms with Gasteiger partial charge in [0.15, 0.2) is 0 Å². The van der Waals surface area contributed by atoms with E-state index in [1.165, 1.54) is 11.1 Å². The molecule has 3 aromatic carbocycles. The summed E-state index contributed by atoms with van der Waals surface area (Å²) < 4.78 is 11.4. The fourth-order valence-corrected chi connectivity index (χ4v) is 4.57. The van der Waals surface area contributed by atoms with Gasteiger partial charge < -0.3 is 14.6 Å². The number of benzene rings is 3. The molecule has 33 heavy (non-hydrogen) atoms. The Labute approximate surface area is 196 Å². The first-order valence-corrected chi connectivity index (χ1v) is 11.4. The van der Waals surface area contributed by atoms with Crippen LogP contribution in [0.15, 0.2) is 60.7 Å². The van der Waals surface area contributed by atoms with E-state index in [0.29, 0.717) is 6.54 Å². The number of aliphatic hydroxyl groups excluding tert-OH is 1. The van der Waals surface area contributed by atoms with Crippen LogP contribution in [0.2, 0.25) is 0 Å². The molecule has 0 aliphatic carbocycles. The molecule has 1 N–H and O–H groups in total. The molecule has 1 aliphatic heterocycles. The summed E-state index contributed by atoms with van der Waals surface area (Å²) >= 11 is 0. The number of ether oxygens (including phenoxy) is 2. The van der Waals surface area contributed by atoms with E-state index in [0.717, 1.165) is 53.1 Å². The fourth-order valence-electron chi connectivity index (χ4n) is 4.57. The van der Waals surface area contributed by atoms with Crippen molar-refractivity contribution in [2.75, 3.05) is 27.4 Å². The highest BCUT2D eigenvalue weighted by molar-refractivity contribution is 5.70. The maximum absolute atomic E-state index is 9.68. The van der Waals surface area contributed by atoms with Gasteiger partial charge in [-0.05, 0) is 61.2 Å². The molecule has 3 aromatic rings. The Balaban J connectivity index is 1.65. The lowest BCUT2D eigenvalue weighted by Crippen LogP contribution is -2.31. The lowest BCUT2D eigenvalue weighted by Gasteiger charge is -2.25. The second-order valence-corrected chi connectivity index (χ2v) is 8.40. The molecule has 1 saturated heterocycles. The predicted octanol–water partition coefficient (Wildman–Crippen LogP) is 5.04. The number of methoxy groups -OCH3 is 2. The quantitative estimate of drug-likeness (QED) is 0.545. The second kappa shape index (κ2) is 10.6. The van der Waals surface area contributed by atoms with E-state index in [2.05, 4.69) is 66.1 Å². The summed E-state index contributed by atoms with van der Waals surface area (Å²) in [7, 11) is 3.35. The Morgan fingerprint density at radius 2 is 1.70 bits per heavy atom. The zero-order chi connectivity index (χ0) is 23.2. The van der Waals surface area contributed by atoms with E-state index in [1.807, 2.05) is 18.2 Å². The lowest BCUT2D eigenvalue weighted by molar-refractivity contribution is 0.151. The lowest BCUT2D eigenvalue weighted by atomic mass is 9.96. The van der Waals surface area contributed by atoms with Crippen molar-refractivity contribution in [3.63, 3.8) is 0 Å². The molecule has 0 radical (unpaired) electrons. The van der Waals surface area contributed by atoms with Crippen molar-refractivity contribution in [2.24, 2.45) is 0 Å². The van der Waals surface area contributed by atoms with Gasteiger partial charge in [-0.2, -0.15) is 0 Å². The smallest absolute Gasteiger partial charge is 0.128 e. The molecule has 0 amide bonds. The number of aliphatic hydroxyl groups is 1. The first-order valence-electron chi connectivity index (χ1n) is 11.4. The van der Waals surface area contributed by atoms with Crippen LogP contribution >= 0.6 is 0 Å². The van der Waals surface area contributed by atoms with Gasteiger partial charge in [0, 0.05) is 23.7 Å². The minimum Gasteiger partial charge on any atom is -0.496 e. The van der Waals surface area contributed by atoms with Gasteiger partial charge in [-0.1, -0.05) is 54.3 Å². The molecular weight excluding hydrogens is 410 g/mol. The van der Waals surface area contributed by atoms with Crippen molar-refractivity contribution in [3.05, 3.63) is 82.9 Å². The van der Waals surface area contributed by atoms with Crippen LogP contribution < -0.4 is 9.47 Å². The van der Waals surface area contributed by atoms with Crippen molar-refractivity contribution >= 4 is 0 Å². The molecular formula is C29H31NO3. The van der Waals surface area contributed by atoms with E-state index in [-0.39, 0.29) is 12.6 Å². The number of hydrogen-bond donors (Lipinski definition) is 1. The average molecular weight is 442 g/mol. The van der Waals surface area contributed by atoms with Crippen LogP contribution in [-0.2, 0) is 6.54 Å². The molecule has 0 aromatic heterocycles. The zero-order valence-corrected chi connectivity index (χ0v) is 19.6. The van der Waals surface area contributed by atoms with Gasteiger partial charge in [0.2, 0.25) is 0 Å². The van der Waals surface area contributed by atoms with Crippen LogP contribution in [0.1, 0.15) is 35.1 Å². The van der Waals surface area contributed by atoms with E-state index in [9.17, 15) is 5.11 Å². The second-order valence-electron chi connectivity index (χ2n) is 8.40. The summed E-state index contributed by atoms with van der Waals surface area (Å²) in [5.41, 5.74) is 6.38. The Morgan fingerprint density at radius 1 is 0.970 bits per heavy atom. The molecule has 4 heteroatoms. The summed E-state index contributed by atoms with van der Waals surface area (Å²) in [6.07, 6.45) is 2.12. The molecule has 1 heterocycles. The molecule has 4 nitrogen and oxygen atoms in total. The van der Waals surface area contributed by atoms with Crippen LogP contribution in [0.3, 0.4) is 0 Å². The van der Waals surface area contributed by atoms with Crippen molar-refractivity contribution in [1.82, 2.24) is 4.90 Å². The van der Waals surface area contributed by atoms with Crippen LogP contribution in [0.4, 0.5) is 0 Å². The molecule has 0 unspecified atom stereocenters. The SMILES string of the molecule is COc1cc(C#Cc2cccc(-c3ccccc3)c2C)cc(OC)c1CN1CCC[C@H]1CO. The summed E-state index contributed by atoms with van der Waals surface area (Å²) in [6, 6.07) is 20.8. The van der Waals surface area contributed by atoms with Gasteiger partial charge in [-0.15, -0.1) is 0 Å². The monoisotopic (exact) mass is 441 g/mol. The van der Waals surface area contributed by atoms with Crippen LogP contribution in [0.25, 0.3) is 11.1 Å². The highest BCUT2D eigenvalue weighted by atomic mass is 16.5. The highest BCUT2D eigenvalue weighted by Crippen LogP contribution is 2.34. The molecule has 4 rings (SSSR count). The Morgan fingerprint density at radius 3 is 2.36 bits per heavy atom. The Hall–Kier alpha value is -3.26. The summed E-state index contributed by atoms with van der Waals surface area (Å²) in [4.78, 5) is 2.30. The topological polar surface area (TPSA) is 41.9 Å². The number of likely N-dealkylation sites (tertiary alicyclic amines) is 1. The first kappa shape index (κ1) is 22.9. The fraction of sp³-hybridized carbons (Fsp3) is 0.310. The van der Waals surface area contributed by atoms with Gasteiger partial charge in [-0.25, -0.2) is 0 Å². The minimum absolute atomic E-state index is 0.176. The maximum Gasteiger partial charge on any atom is 0.128 e. The van der Waals surface area contributed by atoms with E-state index in [4.69, 9.17) is 9.47 Å². The zero-order valence-electron chi connectivity index (χ0n) is 19.6. The van der Waals surface area contributed by atoms with Crippen LogP contribution in [0, 0.1) is 18.8 Å². The third kappa shape index (κ3) is 5.06. The molecule has 0 bridgehead atoms. The summed E-state index contributed by atoms with van der Waals surface area (Å²) in [5.74, 6) is 8.18. The highest BCUT2D eigenvalue weighted by Gasteiger charge is 2.26. The normalized spacial score (nSPS) is 15.7. The standard InChI is InChI=1S/C29H31NO3/c1-21-23(11-7-13-26(21)24-9-5-4-6-10-24)15-14-22-17-28(32-2)27(29(18-22)33-3)19-30-16-8-12-25(30)20-31/h4-7,9-11,13,17-18,25,31H,8,12,16,19-20H2,1-3H3/t25-/m0/s1. The van der Waals surface area contributed by atoms with E-state index >= 15 is 0 Å². The number of nitrogens with zero attached hydrogens (tertiary/aromatic N) is 1. The number of rotatable bonds is 6. The molecule has 1 aliphatic rings. The Bertz CT molecular complexity index is 1140. The van der Waals surface area contributed by atoms with E-state index in [1.54, 1.807) is 14.2 Å². The molecule has 170 valence electrons.